The van der Waals surface area contributed by atoms with E-state index in [1.807, 2.05) is 32.0 Å². The predicted molar refractivity (Wildman–Crippen MR) is 69.1 cm³/mol. The third-order valence-electron chi connectivity index (χ3n) is 2.82. The Hall–Kier alpha value is -1.90. The number of hydrogen-bond donors (Lipinski definition) is 0. The zero-order valence-corrected chi connectivity index (χ0v) is 10.6. The van der Waals surface area contributed by atoms with E-state index in [-0.39, 0.29) is 11.9 Å². The lowest BCUT2D eigenvalue weighted by molar-refractivity contribution is 0.219. The Bertz CT molecular complexity index is 513. The topological polar surface area (TPSA) is 22.1 Å². The lowest BCUT2D eigenvalue weighted by Crippen LogP contribution is -2.06. The number of rotatable bonds is 4. The Morgan fingerprint density at radius 1 is 1.28 bits per heavy atom. The molecule has 1 unspecified atom stereocenters. The number of pyridine rings is 1. The smallest absolute Gasteiger partial charge is 0.138 e. The lowest BCUT2D eigenvalue weighted by atomic mass is 10.1. The van der Waals surface area contributed by atoms with Gasteiger partial charge in [-0.25, -0.2) is 4.39 Å². The van der Waals surface area contributed by atoms with Crippen LogP contribution in [0.2, 0.25) is 0 Å². The first kappa shape index (κ1) is 12.6. The van der Waals surface area contributed by atoms with Gasteiger partial charge in [0.25, 0.3) is 0 Å². The van der Waals surface area contributed by atoms with E-state index in [0.717, 1.165) is 17.7 Å². The molecule has 1 aromatic carbocycles. The highest BCUT2D eigenvalue weighted by atomic mass is 19.1. The second-order valence-corrected chi connectivity index (χ2v) is 4.12. The summed E-state index contributed by atoms with van der Waals surface area (Å²) in [5.74, 6) is 0.311. The molecule has 2 rings (SSSR count). The Kier molecular flexibility index (Phi) is 3.92. The zero-order chi connectivity index (χ0) is 13.0. The Morgan fingerprint density at radius 3 is 2.78 bits per heavy atom. The van der Waals surface area contributed by atoms with Gasteiger partial charge in [-0.05, 0) is 37.1 Å². The standard InChI is InChI=1S/C15H16FNO/c1-3-12-7-8-13(16)10-15(12)18-11(2)14-6-4-5-9-17-14/h4-11H,3H2,1-2H3. The Morgan fingerprint density at radius 2 is 2.11 bits per heavy atom. The third kappa shape index (κ3) is 2.86. The van der Waals surface area contributed by atoms with Crippen LogP contribution in [-0.2, 0) is 6.42 Å². The van der Waals surface area contributed by atoms with E-state index in [1.165, 1.54) is 12.1 Å². The molecule has 94 valence electrons. The van der Waals surface area contributed by atoms with E-state index in [9.17, 15) is 4.39 Å². The van der Waals surface area contributed by atoms with Gasteiger partial charge in [-0.15, -0.1) is 0 Å². The fraction of sp³-hybridized carbons (Fsp3) is 0.267. The molecule has 0 aliphatic carbocycles. The van der Waals surface area contributed by atoms with Crippen LogP contribution in [0.3, 0.4) is 0 Å². The number of ether oxygens (including phenoxy) is 1. The largest absolute Gasteiger partial charge is 0.484 e. The molecular formula is C15H16FNO. The van der Waals surface area contributed by atoms with Gasteiger partial charge in [0.15, 0.2) is 0 Å². The van der Waals surface area contributed by atoms with Crippen LogP contribution in [0.1, 0.15) is 31.2 Å². The van der Waals surface area contributed by atoms with Gasteiger partial charge < -0.3 is 4.74 Å². The van der Waals surface area contributed by atoms with E-state index in [4.69, 9.17) is 4.74 Å². The molecule has 2 aromatic rings. The van der Waals surface area contributed by atoms with Crippen LogP contribution in [0.4, 0.5) is 4.39 Å². The van der Waals surface area contributed by atoms with Crippen LogP contribution >= 0.6 is 0 Å². The third-order valence-corrected chi connectivity index (χ3v) is 2.82. The second kappa shape index (κ2) is 5.63. The highest BCUT2D eigenvalue weighted by Gasteiger charge is 2.11. The maximum atomic E-state index is 13.2. The first-order chi connectivity index (χ1) is 8.70. The normalized spacial score (nSPS) is 12.2. The van der Waals surface area contributed by atoms with E-state index in [1.54, 1.807) is 12.3 Å². The monoisotopic (exact) mass is 245 g/mol. The fourth-order valence-electron chi connectivity index (χ4n) is 1.80. The van der Waals surface area contributed by atoms with Gasteiger partial charge >= 0.3 is 0 Å². The van der Waals surface area contributed by atoms with Gasteiger partial charge in [-0.2, -0.15) is 0 Å². The zero-order valence-electron chi connectivity index (χ0n) is 10.6. The maximum Gasteiger partial charge on any atom is 0.138 e. The molecule has 1 aromatic heterocycles. The first-order valence-corrected chi connectivity index (χ1v) is 6.06. The highest BCUT2D eigenvalue weighted by Crippen LogP contribution is 2.25. The highest BCUT2D eigenvalue weighted by molar-refractivity contribution is 5.34. The van der Waals surface area contributed by atoms with Crippen molar-refractivity contribution >= 4 is 0 Å². The molecule has 1 atom stereocenters. The number of aryl methyl sites for hydroxylation is 1. The number of nitrogens with zero attached hydrogens (tertiary/aromatic N) is 1. The van der Waals surface area contributed by atoms with Crippen LogP contribution in [0, 0.1) is 5.82 Å². The number of hydrogen-bond acceptors (Lipinski definition) is 2. The molecule has 0 aliphatic rings. The molecule has 3 heteroatoms. The minimum absolute atomic E-state index is 0.196. The molecule has 0 bridgehead atoms. The van der Waals surface area contributed by atoms with Gasteiger partial charge in [0.05, 0.1) is 5.69 Å². The number of aromatic nitrogens is 1. The second-order valence-electron chi connectivity index (χ2n) is 4.12. The Labute approximate surface area is 106 Å². The average Bonchev–Trinajstić information content (AvgIpc) is 2.40. The summed E-state index contributed by atoms with van der Waals surface area (Å²) in [7, 11) is 0. The van der Waals surface area contributed by atoms with Gasteiger partial charge in [0, 0.05) is 12.3 Å². The van der Waals surface area contributed by atoms with Crippen molar-refractivity contribution in [3.63, 3.8) is 0 Å². The molecule has 1 heterocycles. The average molecular weight is 245 g/mol. The van der Waals surface area contributed by atoms with E-state index in [0.29, 0.717) is 5.75 Å². The van der Waals surface area contributed by atoms with Crippen molar-refractivity contribution in [1.29, 1.82) is 0 Å². The minimum atomic E-state index is -0.282. The van der Waals surface area contributed by atoms with Crippen LogP contribution < -0.4 is 4.74 Å². The Balaban J connectivity index is 2.21. The van der Waals surface area contributed by atoms with Crippen LogP contribution in [0.25, 0.3) is 0 Å². The molecule has 0 radical (unpaired) electrons. The van der Waals surface area contributed by atoms with Crippen molar-refractivity contribution in [1.82, 2.24) is 4.98 Å². The quantitative estimate of drug-likeness (QED) is 0.814. The van der Waals surface area contributed by atoms with Crippen molar-refractivity contribution in [3.8, 4) is 5.75 Å². The van der Waals surface area contributed by atoms with Crippen molar-refractivity contribution in [2.24, 2.45) is 0 Å². The van der Waals surface area contributed by atoms with Gasteiger partial charge in [-0.1, -0.05) is 19.1 Å². The molecule has 18 heavy (non-hydrogen) atoms. The molecular weight excluding hydrogens is 229 g/mol. The molecule has 0 N–H and O–H groups in total. The van der Waals surface area contributed by atoms with Crippen molar-refractivity contribution in [2.45, 2.75) is 26.4 Å². The van der Waals surface area contributed by atoms with Crippen LogP contribution in [0.15, 0.2) is 42.6 Å². The van der Waals surface area contributed by atoms with Crippen LogP contribution in [0.5, 0.6) is 5.75 Å². The van der Waals surface area contributed by atoms with E-state index < -0.39 is 0 Å². The van der Waals surface area contributed by atoms with Gasteiger partial charge in [0.2, 0.25) is 0 Å². The first-order valence-electron chi connectivity index (χ1n) is 6.06. The van der Waals surface area contributed by atoms with Gasteiger partial charge in [-0.3, -0.25) is 4.98 Å². The molecule has 0 fully saturated rings. The summed E-state index contributed by atoms with van der Waals surface area (Å²) in [5, 5.41) is 0. The SMILES string of the molecule is CCc1ccc(F)cc1OC(C)c1ccccn1. The number of benzene rings is 1. The van der Waals surface area contributed by atoms with Crippen molar-refractivity contribution < 1.29 is 9.13 Å². The summed E-state index contributed by atoms with van der Waals surface area (Å²) in [4.78, 5) is 4.23. The van der Waals surface area contributed by atoms with Gasteiger partial charge in [0.1, 0.15) is 17.7 Å². The van der Waals surface area contributed by atoms with E-state index in [2.05, 4.69) is 4.98 Å². The summed E-state index contributed by atoms with van der Waals surface area (Å²) in [6.45, 7) is 3.93. The predicted octanol–water partition coefficient (Wildman–Crippen LogP) is 3.92. The summed E-state index contributed by atoms with van der Waals surface area (Å²) < 4.78 is 19.0. The lowest BCUT2D eigenvalue weighted by Gasteiger charge is -2.16. The summed E-state index contributed by atoms with van der Waals surface area (Å²) in [5.41, 5.74) is 1.84. The fourth-order valence-corrected chi connectivity index (χ4v) is 1.80. The molecule has 0 saturated carbocycles. The summed E-state index contributed by atoms with van der Waals surface area (Å²) >= 11 is 0. The summed E-state index contributed by atoms with van der Waals surface area (Å²) in [6, 6.07) is 10.3. The molecule has 0 amide bonds. The number of halogens is 1. The molecule has 0 aliphatic heterocycles. The maximum absolute atomic E-state index is 13.2. The molecule has 0 spiro atoms. The van der Waals surface area contributed by atoms with Crippen molar-refractivity contribution in [3.05, 3.63) is 59.7 Å². The van der Waals surface area contributed by atoms with Crippen LogP contribution in [-0.4, -0.2) is 4.98 Å². The van der Waals surface area contributed by atoms with E-state index >= 15 is 0 Å². The molecule has 2 nitrogen and oxygen atoms in total. The van der Waals surface area contributed by atoms with Crippen molar-refractivity contribution in [2.75, 3.05) is 0 Å². The minimum Gasteiger partial charge on any atom is -0.484 e. The molecule has 0 saturated heterocycles. The summed E-state index contributed by atoms with van der Waals surface area (Å²) in [6.07, 6.45) is 2.34.